The van der Waals surface area contributed by atoms with E-state index in [4.69, 9.17) is 4.74 Å². The Morgan fingerprint density at radius 3 is 2.58 bits per heavy atom. The molecule has 0 radical (unpaired) electrons. The van der Waals surface area contributed by atoms with Gasteiger partial charge in [0.15, 0.2) is 6.61 Å². The molecule has 1 N–H and O–H groups in total. The number of nitrogens with zero attached hydrogens (tertiary/aromatic N) is 2. The van der Waals surface area contributed by atoms with Crippen LogP contribution >= 0.6 is 11.3 Å². The SMILES string of the molecule is Cc1ccc(NC(=O)CN(C)C(=O)COC(=O)CCCc2nc3ccccc3s2)cc1. The van der Waals surface area contributed by atoms with Gasteiger partial charge in [-0.05, 0) is 44.0 Å². The lowest BCUT2D eigenvalue weighted by atomic mass is 10.2. The van der Waals surface area contributed by atoms with Crippen LogP contribution in [0.1, 0.15) is 23.4 Å². The maximum Gasteiger partial charge on any atom is 0.306 e. The van der Waals surface area contributed by atoms with Gasteiger partial charge in [0.1, 0.15) is 0 Å². The summed E-state index contributed by atoms with van der Waals surface area (Å²) in [7, 11) is 1.50. The number of para-hydroxylation sites is 1. The average molecular weight is 440 g/mol. The molecule has 0 unspecified atom stereocenters. The topological polar surface area (TPSA) is 88.6 Å². The lowest BCUT2D eigenvalue weighted by Gasteiger charge is -2.16. The number of anilines is 1. The number of amides is 2. The molecule has 0 aliphatic heterocycles. The summed E-state index contributed by atoms with van der Waals surface area (Å²) in [4.78, 5) is 41.9. The van der Waals surface area contributed by atoms with Crippen LogP contribution < -0.4 is 5.32 Å². The summed E-state index contributed by atoms with van der Waals surface area (Å²) in [5.41, 5.74) is 2.72. The zero-order valence-electron chi connectivity index (χ0n) is 17.6. The van der Waals surface area contributed by atoms with Crippen LogP contribution in [0.25, 0.3) is 10.2 Å². The lowest BCUT2D eigenvalue weighted by Crippen LogP contribution is -2.37. The van der Waals surface area contributed by atoms with Crippen LogP contribution in [0, 0.1) is 6.92 Å². The number of aromatic nitrogens is 1. The number of rotatable bonds is 9. The molecule has 1 heterocycles. The highest BCUT2D eigenvalue weighted by molar-refractivity contribution is 7.18. The molecule has 0 aliphatic carbocycles. The Labute approximate surface area is 185 Å². The van der Waals surface area contributed by atoms with E-state index in [1.165, 1.54) is 11.9 Å². The fourth-order valence-electron chi connectivity index (χ4n) is 2.88. The highest BCUT2D eigenvalue weighted by Gasteiger charge is 2.15. The fourth-order valence-corrected chi connectivity index (χ4v) is 3.89. The van der Waals surface area contributed by atoms with E-state index in [1.54, 1.807) is 23.5 Å². The number of hydrogen-bond acceptors (Lipinski definition) is 6. The van der Waals surface area contributed by atoms with E-state index < -0.39 is 11.9 Å². The molecule has 3 rings (SSSR count). The summed E-state index contributed by atoms with van der Waals surface area (Å²) in [5, 5.41) is 3.70. The molecule has 0 aliphatic rings. The highest BCUT2D eigenvalue weighted by atomic mass is 32.1. The maximum absolute atomic E-state index is 12.1. The number of ether oxygens (including phenoxy) is 1. The first kappa shape index (κ1) is 22.4. The van der Waals surface area contributed by atoms with Crippen LogP contribution in [0.15, 0.2) is 48.5 Å². The maximum atomic E-state index is 12.1. The number of fused-ring (bicyclic) bond motifs is 1. The summed E-state index contributed by atoms with van der Waals surface area (Å²) in [6, 6.07) is 15.3. The molecule has 7 nitrogen and oxygen atoms in total. The van der Waals surface area contributed by atoms with Gasteiger partial charge in [0, 0.05) is 19.2 Å². The molecule has 162 valence electrons. The van der Waals surface area contributed by atoms with E-state index in [2.05, 4.69) is 10.3 Å². The molecule has 0 saturated heterocycles. The molecule has 8 heteroatoms. The van der Waals surface area contributed by atoms with E-state index in [0.717, 1.165) is 20.8 Å². The van der Waals surface area contributed by atoms with Crippen LogP contribution in [-0.4, -0.2) is 47.9 Å². The van der Waals surface area contributed by atoms with Crippen molar-refractivity contribution in [3.05, 3.63) is 59.1 Å². The highest BCUT2D eigenvalue weighted by Crippen LogP contribution is 2.22. The lowest BCUT2D eigenvalue weighted by molar-refractivity contribution is -0.151. The smallest absolute Gasteiger partial charge is 0.306 e. The van der Waals surface area contributed by atoms with Crippen LogP contribution in [0.3, 0.4) is 0 Å². The quantitative estimate of drug-likeness (QED) is 0.515. The van der Waals surface area contributed by atoms with Crippen LogP contribution in [0.4, 0.5) is 5.69 Å². The van der Waals surface area contributed by atoms with Crippen molar-refractivity contribution in [1.82, 2.24) is 9.88 Å². The Morgan fingerprint density at radius 1 is 1.10 bits per heavy atom. The predicted octanol–water partition coefficient (Wildman–Crippen LogP) is 3.57. The van der Waals surface area contributed by atoms with Crippen molar-refractivity contribution in [3.8, 4) is 0 Å². The van der Waals surface area contributed by atoms with Gasteiger partial charge in [-0.1, -0.05) is 29.8 Å². The van der Waals surface area contributed by atoms with Gasteiger partial charge >= 0.3 is 5.97 Å². The summed E-state index contributed by atoms with van der Waals surface area (Å²) in [5.74, 6) is -1.19. The Hall–Kier alpha value is -3.26. The van der Waals surface area contributed by atoms with E-state index >= 15 is 0 Å². The molecule has 2 aromatic carbocycles. The van der Waals surface area contributed by atoms with E-state index in [-0.39, 0.29) is 25.5 Å². The Bertz CT molecular complexity index is 1030. The van der Waals surface area contributed by atoms with Crippen LogP contribution in [0.2, 0.25) is 0 Å². The van der Waals surface area contributed by atoms with Crippen molar-refractivity contribution >= 4 is 45.0 Å². The second kappa shape index (κ2) is 10.7. The van der Waals surface area contributed by atoms with Gasteiger partial charge < -0.3 is 15.0 Å². The van der Waals surface area contributed by atoms with Gasteiger partial charge in [0.25, 0.3) is 5.91 Å². The van der Waals surface area contributed by atoms with Gasteiger partial charge in [-0.25, -0.2) is 4.98 Å². The first-order chi connectivity index (χ1) is 14.9. The van der Waals surface area contributed by atoms with Gasteiger partial charge in [-0.2, -0.15) is 0 Å². The van der Waals surface area contributed by atoms with E-state index in [0.29, 0.717) is 18.5 Å². The molecule has 0 spiro atoms. The van der Waals surface area contributed by atoms with Crippen LogP contribution in [-0.2, 0) is 25.5 Å². The molecule has 31 heavy (non-hydrogen) atoms. The molecule has 0 bridgehead atoms. The zero-order chi connectivity index (χ0) is 22.2. The second-order valence-corrected chi connectivity index (χ2v) is 8.37. The van der Waals surface area contributed by atoms with E-state index in [1.807, 2.05) is 43.3 Å². The number of likely N-dealkylation sites (N-methyl/N-ethyl adjacent to an activating group) is 1. The van der Waals surface area contributed by atoms with Crippen molar-refractivity contribution in [1.29, 1.82) is 0 Å². The number of carbonyl (C=O) groups excluding carboxylic acids is 3. The Morgan fingerprint density at radius 2 is 1.84 bits per heavy atom. The summed E-state index contributed by atoms with van der Waals surface area (Å²) in [6.07, 6.45) is 1.49. The third kappa shape index (κ3) is 6.89. The summed E-state index contributed by atoms with van der Waals surface area (Å²) < 4.78 is 6.18. The van der Waals surface area contributed by atoms with Gasteiger partial charge in [-0.3, -0.25) is 14.4 Å². The third-order valence-corrected chi connectivity index (χ3v) is 5.70. The molecule has 3 aromatic rings. The van der Waals surface area contributed by atoms with Gasteiger partial charge in [0.05, 0.1) is 21.8 Å². The van der Waals surface area contributed by atoms with Gasteiger partial charge in [-0.15, -0.1) is 11.3 Å². The van der Waals surface area contributed by atoms with Crippen molar-refractivity contribution in [2.75, 3.05) is 25.5 Å². The fraction of sp³-hybridized carbons (Fsp3) is 0.304. The summed E-state index contributed by atoms with van der Waals surface area (Å²) >= 11 is 1.62. The number of aryl methyl sites for hydroxylation is 2. The number of benzene rings is 2. The molecule has 0 saturated carbocycles. The number of hydrogen-bond donors (Lipinski definition) is 1. The minimum atomic E-state index is -0.438. The van der Waals surface area contributed by atoms with Crippen molar-refractivity contribution < 1.29 is 19.1 Å². The minimum absolute atomic E-state index is 0.123. The number of thiazole rings is 1. The standard InChI is InChI=1S/C23H25N3O4S/c1-16-10-12-17(13-11-16)24-20(27)14-26(2)22(28)15-30-23(29)9-5-8-21-25-18-6-3-4-7-19(18)31-21/h3-4,6-7,10-13H,5,8-9,14-15H2,1-2H3,(H,24,27). The first-order valence-electron chi connectivity index (χ1n) is 10.0. The molecule has 2 amide bonds. The largest absolute Gasteiger partial charge is 0.456 e. The van der Waals surface area contributed by atoms with Crippen molar-refractivity contribution in [2.24, 2.45) is 0 Å². The monoisotopic (exact) mass is 439 g/mol. The van der Waals surface area contributed by atoms with Crippen molar-refractivity contribution in [2.45, 2.75) is 26.2 Å². The molecule has 1 aromatic heterocycles. The number of nitrogens with one attached hydrogen (secondary N) is 1. The number of esters is 1. The van der Waals surface area contributed by atoms with E-state index in [9.17, 15) is 14.4 Å². The third-order valence-electron chi connectivity index (χ3n) is 4.61. The van der Waals surface area contributed by atoms with Gasteiger partial charge in [0.2, 0.25) is 5.91 Å². The van der Waals surface area contributed by atoms with Crippen LogP contribution in [0.5, 0.6) is 0 Å². The first-order valence-corrected chi connectivity index (χ1v) is 10.8. The second-order valence-electron chi connectivity index (χ2n) is 7.25. The predicted molar refractivity (Wildman–Crippen MR) is 121 cm³/mol. The minimum Gasteiger partial charge on any atom is -0.456 e. The summed E-state index contributed by atoms with van der Waals surface area (Å²) in [6.45, 7) is 1.45. The average Bonchev–Trinajstić information content (AvgIpc) is 3.16. The Balaban J connectivity index is 1.34. The molecule has 0 atom stereocenters. The number of carbonyl (C=O) groups is 3. The normalized spacial score (nSPS) is 10.6. The molecule has 0 fully saturated rings. The Kier molecular flexibility index (Phi) is 7.72. The molecular formula is C23H25N3O4S. The van der Waals surface area contributed by atoms with Crippen molar-refractivity contribution in [3.63, 3.8) is 0 Å². The molecular weight excluding hydrogens is 414 g/mol. The zero-order valence-corrected chi connectivity index (χ0v) is 18.4.